The molecule has 0 rings (SSSR count). The number of carbonyl (C=O) groups excluding carboxylic acids is 4. The molecule has 4 atom stereocenters. The molecule has 0 bridgehead atoms. The van der Waals surface area contributed by atoms with Crippen molar-refractivity contribution in [2.24, 2.45) is 0 Å². The number of ether oxygens (including phenoxy) is 3. The van der Waals surface area contributed by atoms with Crippen LogP contribution in [0.2, 0.25) is 0 Å². The van der Waals surface area contributed by atoms with Gasteiger partial charge in [0, 0.05) is 24.8 Å². The molecule has 8 heteroatoms. The first-order chi connectivity index (χ1) is 10.8. The van der Waals surface area contributed by atoms with Crippen molar-refractivity contribution in [1.82, 2.24) is 0 Å². The third-order valence-electron chi connectivity index (χ3n) is 2.06. The second-order valence-corrected chi connectivity index (χ2v) is 3.74. The van der Waals surface area contributed by atoms with Crippen molar-refractivity contribution < 1.29 is 42.6 Å². The lowest BCUT2D eigenvalue weighted by atomic mass is 10.0. The largest absolute Gasteiger partial charge is 0.456 e. The first kappa shape index (κ1) is 13.0. The van der Waals surface area contributed by atoms with E-state index in [0.717, 1.165) is 6.92 Å². The van der Waals surface area contributed by atoms with E-state index in [4.69, 9.17) is 13.6 Å². The van der Waals surface area contributed by atoms with Gasteiger partial charge >= 0.3 is 17.9 Å². The van der Waals surface area contributed by atoms with E-state index >= 15 is 0 Å². The Kier molecular flexibility index (Phi) is 5.39. The molecule has 0 unspecified atom stereocenters. The average molecular weight is 293 g/mol. The van der Waals surface area contributed by atoms with Gasteiger partial charge < -0.3 is 19.3 Å². The summed E-state index contributed by atoms with van der Waals surface area (Å²) in [6.07, 6.45) is -6.42. The van der Waals surface area contributed by atoms with Crippen molar-refractivity contribution >= 4 is 24.2 Å². The molecule has 0 radical (unpaired) electrons. The predicted molar refractivity (Wildman–Crippen MR) is 64.4 cm³/mol. The maximum Gasteiger partial charge on any atom is 0.303 e. The minimum atomic E-state index is -1.75. The van der Waals surface area contributed by atoms with Gasteiger partial charge in [-0.1, -0.05) is 0 Å². The predicted octanol–water partition coefficient (Wildman–Crippen LogP) is -0.639. The summed E-state index contributed by atoms with van der Waals surface area (Å²) in [7, 11) is 0. The zero-order valence-corrected chi connectivity index (χ0v) is 10.8. The van der Waals surface area contributed by atoms with Gasteiger partial charge in [-0.05, 0) is 6.92 Å². The highest BCUT2D eigenvalue weighted by molar-refractivity contribution is 5.72. The molecule has 0 aliphatic rings. The topological polar surface area (TPSA) is 116 Å². The number of carbonyl (C=O) groups is 4. The number of hydrogen-bond acceptors (Lipinski definition) is 8. The Balaban J connectivity index is 5.48. The van der Waals surface area contributed by atoms with Gasteiger partial charge in [0.15, 0.2) is 24.6 Å². The van der Waals surface area contributed by atoms with Gasteiger partial charge in [-0.15, -0.1) is 0 Å². The Hall–Kier alpha value is -1.96. The summed E-state index contributed by atoms with van der Waals surface area (Å²) < 4.78 is 34.8. The molecule has 0 saturated heterocycles. The van der Waals surface area contributed by atoms with Crippen LogP contribution in [-0.4, -0.2) is 53.7 Å². The number of aliphatic hydroxyl groups is 1. The first-order valence-corrected chi connectivity index (χ1v) is 5.40. The lowest BCUT2D eigenvalue weighted by molar-refractivity contribution is -0.190. The SMILES string of the molecule is [2H]CC(=O)O[C@H]([C@H](OC(=O)C[2H])[C@@H](C)O)[C@@H](C=O)OC(=O)C[2H]. The van der Waals surface area contributed by atoms with Crippen molar-refractivity contribution in [3.8, 4) is 0 Å². The van der Waals surface area contributed by atoms with Crippen molar-refractivity contribution in [3.05, 3.63) is 0 Å². The van der Waals surface area contributed by atoms with E-state index in [9.17, 15) is 24.3 Å². The number of aldehydes is 1. The molecule has 20 heavy (non-hydrogen) atoms. The molecular formula is C12H18O8. The standard InChI is InChI=1S/C12H18O8/c1-6(14)11(19-8(3)16)12(20-9(4)17)10(5-13)18-7(2)15/h5-6,10-12,14H,1-4H3/t6-,10-,11-,12+/m1/s1/i2D,3D,4D. The Morgan fingerprint density at radius 2 is 1.45 bits per heavy atom. The second-order valence-electron chi connectivity index (χ2n) is 3.74. The van der Waals surface area contributed by atoms with Gasteiger partial charge in [-0.3, -0.25) is 19.2 Å². The summed E-state index contributed by atoms with van der Waals surface area (Å²) in [5.74, 6) is -3.29. The monoisotopic (exact) mass is 293 g/mol. The summed E-state index contributed by atoms with van der Waals surface area (Å²) in [6, 6.07) is 0. The van der Waals surface area contributed by atoms with Crippen LogP contribution in [0.25, 0.3) is 0 Å². The molecule has 0 aromatic heterocycles. The van der Waals surface area contributed by atoms with E-state index < -0.39 is 63.0 Å². The fourth-order valence-electron chi connectivity index (χ4n) is 1.39. The van der Waals surface area contributed by atoms with E-state index in [-0.39, 0.29) is 6.29 Å². The van der Waals surface area contributed by atoms with E-state index in [1.807, 2.05) is 0 Å². The van der Waals surface area contributed by atoms with Crippen LogP contribution >= 0.6 is 0 Å². The lowest BCUT2D eigenvalue weighted by Crippen LogP contribution is -2.50. The quantitative estimate of drug-likeness (QED) is 0.374. The third kappa shape index (κ3) is 6.28. The molecule has 1 N–H and O–H groups in total. The molecule has 114 valence electrons. The van der Waals surface area contributed by atoms with Crippen LogP contribution in [0.1, 0.15) is 31.7 Å². The second kappa shape index (κ2) is 8.26. The molecule has 0 aromatic carbocycles. The van der Waals surface area contributed by atoms with Gasteiger partial charge in [0.25, 0.3) is 0 Å². The van der Waals surface area contributed by atoms with E-state index in [0.29, 0.717) is 0 Å². The summed E-state index contributed by atoms with van der Waals surface area (Å²) in [6.45, 7) is -1.26. The average Bonchev–Trinajstić information content (AvgIpc) is 2.54. The molecule has 0 aromatic rings. The maximum atomic E-state index is 11.3. The van der Waals surface area contributed by atoms with Crippen molar-refractivity contribution in [2.45, 2.75) is 52.0 Å². The molecule has 0 fully saturated rings. The summed E-state index contributed by atoms with van der Waals surface area (Å²) in [5.41, 5.74) is 0. The molecule has 0 saturated carbocycles. The van der Waals surface area contributed by atoms with Crippen LogP contribution in [-0.2, 0) is 33.4 Å². The Morgan fingerprint density at radius 1 is 1.00 bits per heavy atom. The van der Waals surface area contributed by atoms with Gasteiger partial charge in [0.05, 0.1) is 6.10 Å². The van der Waals surface area contributed by atoms with Crippen molar-refractivity contribution in [1.29, 1.82) is 0 Å². The van der Waals surface area contributed by atoms with E-state index in [2.05, 4.69) is 4.74 Å². The number of rotatable bonds is 7. The zero-order chi connectivity index (χ0) is 18.0. The lowest BCUT2D eigenvalue weighted by Gasteiger charge is -2.30. The molecule has 0 heterocycles. The van der Waals surface area contributed by atoms with Gasteiger partial charge in [-0.25, -0.2) is 0 Å². The Labute approximate surface area is 120 Å². The summed E-state index contributed by atoms with van der Waals surface area (Å²) >= 11 is 0. The first-order valence-electron chi connectivity index (χ1n) is 7.52. The smallest absolute Gasteiger partial charge is 0.303 e. The third-order valence-corrected chi connectivity index (χ3v) is 2.06. The minimum absolute atomic E-state index is 0.0827. The maximum absolute atomic E-state index is 11.3. The van der Waals surface area contributed by atoms with E-state index in [1.54, 1.807) is 0 Å². The molecule has 8 nitrogen and oxygen atoms in total. The minimum Gasteiger partial charge on any atom is -0.456 e. The molecule has 0 amide bonds. The normalized spacial score (nSPS) is 18.2. The van der Waals surface area contributed by atoms with Crippen LogP contribution in [0.3, 0.4) is 0 Å². The van der Waals surface area contributed by atoms with Crippen LogP contribution < -0.4 is 0 Å². The summed E-state index contributed by atoms with van der Waals surface area (Å²) in [5, 5.41) is 9.68. The molecular weight excluding hydrogens is 272 g/mol. The zero-order valence-electron chi connectivity index (χ0n) is 13.8. The number of hydrogen-bond donors (Lipinski definition) is 1. The van der Waals surface area contributed by atoms with E-state index in [1.165, 1.54) is 0 Å². The van der Waals surface area contributed by atoms with Crippen LogP contribution in [0.5, 0.6) is 0 Å². The van der Waals surface area contributed by atoms with Gasteiger partial charge in [-0.2, -0.15) is 0 Å². The van der Waals surface area contributed by atoms with Crippen LogP contribution in [0, 0.1) is 0 Å². The van der Waals surface area contributed by atoms with Crippen molar-refractivity contribution in [2.75, 3.05) is 0 Å². The Bertz CT molecular complexity index is 429. The molecule has 0 aliphatic heterocycles. The summed E-state index contributed by atoms with van der Waals surface area (Å²) in [4.78, 5) is 44.8. The highest BCUT2D eigenvalue weighted by atomic mass is 16.6. The highest BCUT2D eigenvalue weighted by Gasteiger charge is 2.39. The molecule has 0 aliphatic carbocycles. The van der Waals surface area contributed by atoms with Crippen molar-refractivity contribution in [3.63, 3.8) is 0 Å². The molecule has 0 spiro atoms. The van der Waals surface area contributed by atoms with Gasteiger partial charge in [0.1, 0.15) is 0 Å². The Morgan fingerprint density at radius 3 is 1.85 bits per heavy atom. The van der Waals surface area contributed by atoms with Crippen LogP contribution in [0.15, 0.2) is 0 Å². The fraction of sp³-hybridized carbons (Fsp3) is 0.667. The van der Waals surface area contributed by atoms with Crippen LogP contribution in [0.4, 0.5) is 0 Å². The number of esters is 3. The number of aliphatic hydroxyl groups excluding tert-OH is 1. The van der Waals surface area contributed by atoms with Gasteiger partial charge in [0.2, 0.25) is 0 Å². The fourth-order valence-corrected chi connectivity index (χ4v) is 1.39. The highest BCUT2D eigenvalue weighted by Crippen LogP contribution is 2.16.